The molecule has 0 fully saturated rings. The molecule has 122 valence electrons. The largest absolute Gasteiger partial charge is 0.482 e. The SMILES string of the molecule is O=C(O)/C=C/C(=O)N1CC(c2ccccc2)Oc2ccc(Cl)cc21. The van der Waals surface area contributed by atoms with Gasteiger partial charge >= 0.3 is 5.97 Å². The second-order valence-electron chi connectivity index (χ2n) is 5.25. The van der Waals surface area contributed by atoms with Crippen molar-refractivity contribution in [3.8, 4) is 5.75 Å². The highest BCUT2D eigenvalue weighted by Crippen LogP contribution is 2.39. The summed E-state index contributed by atoms with van der Waals surface area (Å²) in [6.07, 6.45) is 1.50. The van der Waals surface area contributed by atoms with Crippen molar-refractivity contribution in [2.24, 2.45) is 0 Å². The van der Waals surface area contributed by atoms with Crippen LogP contribution in [0.5, 0.6) is 5.75 Å². The molecule has 24 heavy (non-hydrogen) atoms. The lowest BCUT2D eigenvalue weighted by atomic mass is 10.1. The number of halogens is 1. The molecule has 1 aliphatic heterocycles. The third-order valence-corrected chi connectivity index (χ3v) is 3.87. The fraction of sp³-hybridized carbons (Fsp3) is 0.111. The van der Waals surface area contributed by atoms with E-state index in [1.165, 1.54) is 4.90 Å². The zero-order valence-electron chi connectivity index (χ0n) is 12.6. The summed E-state index contributed by atoms with van der Waals surface area (Å²) in [5, 5.41) is 9.19. The van der Waals surface area contributed by atoms with Crippen molar-refractivity contribution in [2.75, 3.05) is 11.4 Å². The number of benzene rings is 2. The third-order valence-electron chi connectivity index (χ3n) is 3.64. The Kier molecular flexibility index (Phi) is 4.53. The molecule has 1 atom stereocenters. The van der Waals surface area contributed by atoms with E-state index >= 15 is 0 Å². The minimum Gasteiger partial charge on any atom is -0.482 e. The maximum Gasteiger partial charge on any atom is 0.328 e. The molecule has 1 amide bonds. The Morgan fingerprint density at radius 3 is 2.62 bits per heavy atom. The van der Waals surface area contributed by atoms with Crippen LogP contribution in [0, 0.1) is 0 Å². The zero-order valence-corrected chi connectivity index (χ0v) is 13.3. The van der Waals surface area contributed by atoms with Crippen LogP contribution in [0.2, 0.25) is 5.02 Å². The lowest BCUT2D eigenvalue weighted by Gasteiger charge is -2.34. The summed E-state index contributed by atoms with van der Waals surface area (Å²) in [6, 6.07) is 14.5. The van der Waals surface area contributed by atoms with E-state index in [1.807, 2.05) is 30.3 Å². The number of hydrogen-bond donors (Lipinski definition) is 1. The van der Waals surface area contributed by atoms with Crippen LogP contribution in [-0.2, 0) is 9.59 Å². The van der Waals surface area contributed by atoms with Crippen molar-refractivity contribution < 1.29 is 19.4 Å². The Bertz CT molecular complexity index is 804. The standard InChI is InChI=1S/C18H14ClNO4/c19-13-6-7-15-14(10-13)20(17(21)8-9-18(22)23)11-16(24-15)12-4-2-1-3-5-12/h1-10,16H,11H2,(H,22,23)/b9-8+. The van der Waals surface area contributed by atoms with E-state index in [-0.39, 0.29) is 12.6 Å². The van der Waals surface area contributed by atoms with E-state index in [2.05, 4.69) is 0 Å². The number of aliphatic carboxylic acids is 1. The second-order valence-corrected chi connectivity index (χ2v) is 5.69. The van der Waals surface area contributed by atoms with Gasteiger partial charge in [0.25, 0.3) is 5.91 Å². The lowest BCUT2D eigenvalue weighted by Crippen LogP contribution is -2.39. The molecule has 2 aromatic carbocycles. The Hall–Kier alpha value is -2.79. The van der Waals surface area contributed by atoms with E-state index in [9.17, 15) is 9.59 Å². The number of carbonyl (C=O) groups excluding carboxylic acids is 1. The van der Waals surface area contributed by atoms with Crippen molar-refractivity contribution in [2.45, 2.75) is 6.10 Å². The van der Waals surface area contributed by atoms with Crippen molar-refractivity contribution in [1.29, 1.82) is 0 Å². The monoisotopic (exact) mass is 343 g/mol. The van der Waals surface area contributed by atoms with E-state index in [0.717, 1.165) is 17.7 Å². The quantitative estimate of drug-likeness (QED) is 0.867. The summed E-state index contributed by atoms with van der Waals surface area (Å²) in [5.41, 5.74) is 1.45. The molecule has 0 saturated heterocycles. The molecular formula is C18H14ClNO4. The molecule has 0 spiro atoms. The van der Waals surface area contributed by atoms with Gasteiger partial charge in [-0.1, -0.05) is 41.9 Å². The van der Waals surface area contributed by atoms with Gasteiger partial charge in [0.1, 0.15) is 11.9 Å². The van der Waals surface area contributed by atoms with Crippen molar-refractivity contribution in [3.05, 3.63) is 71.3 Å². The summed E-state index contributed by atoms with van der Waals surface area (Å²) in [6.45, 7) is 0.264. The normalized spacial score (nSPS) is 16.5. The average Bonchev–Trinajstić information content (AvgIpc) is 2.59. The predicted molar refractivity (Wildman–Crippen MR) is 90.4 cm³/mol. The van der Waals surface area contributed by atoms with E-state index < -0.39 is 11.9 Å². The van der Waals surface area contributed by atoms with Gasteiger partial charge in [-0.25, -0.2) is 4.79 Å². The van der Waals surface area contributed by atoms with Crippen LogP contribution < -0.4 is 9.64 Å². The van der Waals surface area contributed by atoms with Gasteiger partial charge in [0.15, 0.2) is 0 Å². The number of carboxylic acids is 1. The number of nitrogens with zero attached hydrogens (tertiary/aromatic N) is 1. The molecule has 0 bridgehead atoms. The van der Waals surface area contributed by atoms with Gasteiger partial charge in [-0.05, 0) is 23.8 Å². The van der Waals surface area contributed by atoms with Crippen LogP contribution >= 0.6 is 11.6 Å². The number of rotatable bonds is 3. The highest BCUT2D eigenvalue weighted by Gasteiger charge is 2.30. The number of anilines is 1. The fourth-order valence-corrected chi connectivity index (χ4v) is 2.70. The fourth-order valence-electron chi connectivity index (χ4n) is 2.54. The van der Waals surface area contributed by atoms with Crippen LogP contribution in [-0.4, -0.2) is 23.5 Å². The first-order chi connectivity index (χ1) is 11.5. The highest BCUT2D eigenvalue weighted by molar-refractivity contribution is 6.31. The molecule has 1 N–H and O–H groups in total. The molecule has 0 aliphatic carbocycles. The molecular weight excluding hydrogens is 330 g/mol. The smallest absolute Gasteiger partial charge is 0.328 e. The lowest BCUT2D eigenvalue weighted by molar-refractivity contribution is -0.131. The first-order valence-corrected chi connectivity index (χ1v) is 7.66. The number of carbonyl (C=O) groups is 2. The first-order valence-electron chi connectivity index (χ1n) is 7.28. The number of carboxylic acid groups (broad SMARTS) is 1. The average molecular weight is 344 g/mol. The maximum atomic E-state index is 12.4. The number of hydrogen-bond acceptors (Lipinski definition) is 3. The number of ether oxygens (including phenoxy) is 1. The summed E-state index contributed by atoms with van der Waals surface area (Å²) in [5.74, 6) is -1.09. The minimum atomic E-state index is -1.18. The Morgan fingerprint density at radius 2 is 1.92 bits per heavy atom. The van der Waals surface area contributed by atoms with E-state index in [4.69, 9.17) is 21.4 Å². The van der Waals surface area contributed by atoms with Gasteiger partial charge < -0.3 is 14.7 Å². The Morgan fingerprint density at radius 1 is 1.17 bits per heavy atom. The highest BCUT2D eigenvalue weighted by atomic mass is 35.5. The number of fused-ring (bicyclic) bond motifs is 1. The predicted octanol–water partition coefficient (Wildman–Crippen LogP) is 3.45. The topological polar surface area (TPSA) is 66.8 Å². The van der Waals surface area contributed by atoms with Gasteiger partial charge in [-0.3, -0.25) is 4.79 Å². The molecule has 1 heterocycles. The molecule has 6 heteroatoms. The summed E-state index contributed by atoms with van der Waals surface area (Å²) < 4.78 is 5.99. The third kappa shape index (κ3) is 3.41. The summed E-state index contributed by atoms with van der Waals surface area (Å²) >= 11 is 6.02. The molecule has 5 nitrogen and oxygen atoms in total. The second kappa shape index (κ2) is 6.76. The van der Waals surface area contributed by atoms with Crippen molar-refractivity contribution >= 4 is 29.2 Å². The van der Waals surface area contributed by atoms with Crippen molar-refractivity contribution in [3.63, 3.8) is 0 Å². The van der Waals surface area contributed by atoms with E-state index in [0.29, 0.717) is 16.5 Å². The van der Waals surface area contributed by atoms with Crippen LogP contribution in [0.1, 0.15) is 11.7 Å². The zero-order chi connectivity index (χ0) is 17.1. The molecule has 3 rings (SSSR count). The molecule has 2 aromatic rings. The van der Waals surface area contributed by atoms with Gasteiger partial charge in [-0.15, -0.1) is 0 Å². The van der Waals surface area contributed by atoms with E-state index in [1.54, 1.807) is 18.2 Å². The van der Waals surface area contributed by atoms with Crippen LogP contribution in [0.3, 0.4) is 0 Å². The summed E-state index contributed by atoms with van der Waals surface area (Å²) in [7, 11) is 0. The van der Waals surface area contributed by atoms with Crippen LogP contribution in [0.15, 0.2) is 60.7 Å². The molecule has 0 aromatic heterocycles. The molecule has 0 saturated carbocycles. The Balaban J connectivity index is 1.98. The van der Waals surface area contributed by atoms with Gasteiger partial charge in [0.05, 0.1) is 12.2 Å². The van der Waals surface area contributed by atoms with Gasteiger partial charge in [0, 0.05) is 17.2 Å². The number of amides is 1. The first kappa shape index (κ1) is 16.1. The maximum absolute atomic E-state index is 12.4. The molecule has 0 radical (unpaired) electrons. The van der Waals surface area contributed by atoms with Crippen molar-refractivity contribution in [1.82, 2.24) is 0 Å². The van der Waals surface area contributed by atoms with Crippen LogP contribution in [0.4, 0.5) is 5.69 Å². The van der Waals surface area contributed by atoms with Gasteiger partial charge in [0.2, 0.25) is 0 Å². The molecule has 1 unspecified atom stereocenters. The minimum absolute atomic E-state index is 0.264. The molecule has 1 aliphatic rings. The van der Waals surface area contributed by atoms with Crippen LogP contribution in [0.25, 0.3) is 0 Å². The van der Waals surface area contributed by atoms with Gasteiger partial charge in [-0.2, -0.15) is 0 Å². The summed E-state index contributed by atoms with van der Waals surface area (Å²) in [4.78, 5) is 24.6. The Labute approximate surface area is 143 Å².